The van der Waals surface area contributed by atoms with Gasteiger partial charge in [-0.1, -0.05) is 50.1 Å². The van der Waals surface area contributed by atoms with Gasteiger partial charge in [0.15, 0.2) is 0 Å². The van der Waals surface area contributed by atoms with Crippen LogP contribution in [0.5, 0.6) is 0 Å². The van der Waals surface area contributed by atoms with Gasteiger partial charge in [0.1, 0.15) is 5.82 Å². The number of amides is 1. The molecule has 4 heteroatoms. The Morgan fingerprint density at radius 1 is 1.20 bits per heavy atom. The number of carbonyl (C=O) groups is 1. The number of rotatable bonds is 10. The maximum absolute atomic E-state index is 12.9. The lowest BCUT2D eigenvalue weighted by Crippen LogP contribution is -2.44. The first-order valence-corrected chi connectivity index (χ1v) is 9.06. The van der Waals surface area contributed by atoms with Gasteiger partial charge in [-0.25, -0.2) is 4.39 Å². The molecule has 1 unspecified atom stereocenters. The summed E-state index contributed by atoms with van der Waals surface area (Å²) < 4.78 is 12.9. The van der Waals surface area contributed by atoms with Crippen LogP contribution >= 0.6 is 0 Å². The number of halogens is 1. The Bertz CT molecular complexity index is 586. The molecular weight excluding hydrogens is 315 g/mol. The molecule has 1 rings (SSSR count). The molecule has 0 aliphatic heterocycles. The fourth-order valence-corrected chi connectivity index (χ4v) is 2.42. The van der Waals surface area contributed by atoms with E-state index in [1.54, 1.807) is 12.1 Å². The first-order valence-electron chi connectivity index (χ1n) is 9.06. The highest BCUT2D eigenvalue weighted by Gasteiger charge is 2.16. The van der Waals surface area contributed by atoms with Crippen LogP contribution in [0, 0.1) is 5.82 Å². The molecule has 0 aliphatic carbocycles. The summed E-state index contributed by atoms with van der Waals surface area (Å²) in [5, 5.41) is 6.32. The van der Waals surface area contributed by atoms with Crippen molar-refractivity contribution in [2.75, 3.05) is 6.54 Å². The second-order valence-corrected chi connectivity index (χ2v) is 6.40. The molecule has 2 N–H and O–H groups in total. The van der Waals surface area contributed by atoms with Gasteiger partial charge < -0.3 is 10.6 Å². The van der Waals surface area contributed by atoms with Crippen molar-refractivity contribution < 1.29 is 9.18 Å². The first kappa shape index (κ1) is 21.1. The van der Waals surface area contributed by atoms with Gasteiger partial charge in [-0.15, -0.1) is 0 Å². The first-order chi connectivity index (χ1) is 12.0. The monoisotopic (exact) mass is 346 g/mol. The van der Waals surface area contributed by atoms with E-state index in [4.69, 9.17) is 0 Å². The van der Waals surface area contributed by atoms with Crippen LogP contribution in [0.4, 0.5) is 4.39 Å². The van der Waals surface area contributed by atoms with Gasteiger partial charge in [0.25, 0.3) is 0 Å². The zero-order valence-corrected chi connectivity index (χ0v) is 15.9. The predicted molar refractivity (Wildman–Crippen MR) is 103 cm³/mol. The van der Waals surface area contributed by atoms with E-state index in [-0.39, 0.29) is 17.8 Å². The highest BCUT2D eigenvalue weighted by molar-refractivity contribution is 5.81. The minimum absolute atomic E-state index is 0.0150. The summed E-state index contributed by atoms with van der Waals surface area (Å²) in [7, 11) is 0. The summed E-state index contributed by atoms with van der Waals surface area (Å²) in [6.07, 6.45) is 6.96. The van der Waals surface area contributed by atoms with E-state index in [1.807, 2.05) is 0 Å². The van der Waals surface area contributed by atoms with Gasteiger partial charge >= 0.3 is 0 Å². The normalized spacial score (nSPS) is 12.2. The number of nitrogens with one attached hydrogen (secondary N) is 2. The number of hydrogen-bond acceptors (Lipinski definition) is 2. The molecule has 25 heavy (non-hydrogen) atoms. The predicted octanol–water partition coefficient (Wildman–Crippen LogP) is 4.50. The van der Waals surface area contributed by atoms with Gasteiger partial charge in [0, 0.05) is 13.1 Å². The summed E-state index contributed by atoms with van der Waals surface area (Å²) in [5.41, 5.74) is 3.36. The van der Waals surface area contributed by atoms with Crippen molar-refractivity contribution >= 4 is 5.91 Å². The van der Waals surface area contributed by atoms with Crippen molar-refractivity contribution in [3.05, 3.63) is 58.9 Å². The zero-order valence-electron chi connectivity index (χ0n) is 15.9. The molecule has 0 saturated heterocycles. The van der Waals surface area contributed by atoms with Gasteiger partial charge in [-0.2, -0.15) is 0 Å². The van der Waals surface area contributed by atoms with Crippen LogP contribution < -0.4 is 10.6 Å². The molecule has 0 aliphatic rings. The highest BCUT2D eigenvalue weighted by atomic mass is 19.1. The smallest absolute Gasteiger partial charge is 0.237 e. The van der Waals surface area contributed by atoms with E-state index in [1.165, 1.54) is 23.3 Å². The Morgan fingerprint density at radius 3 is 2.44 bits per heavy atom. The largest absolute Gasteiger partial charge is 0.351 e. The van der Waals surface area contributed by atoms with Crippen molar-refractivity contribution in [2.24, 2.45) is 0 Å². The molecule has 0 heterocycles. The summed E-state index contributed by atoms with van der Waals surface area (Å²) in [6.45, 7) is 9.43. The lowest BCUT2D eigenvalue weighted by Gasteiger charge is -2.19. The standard InChI is InChI=1S/C21H31FN2O/c1-5-7-9-18(16(3)4)15-23-20(8-6-2)21(25)24-14-17-10-12-19(22)13-11-17/h7,9-13,20,23H,5-6,8,14-15H2,1-4H3,(H,24,25)/b9-7-. The molecule has 138 valence electrons. The zero-order chi connectivity index (χ0) is 18.7. The third-order valence-electron chi connectivity index (χ3n) is 4.01. The fraction of sp³-hybridized carbons (Fsp3) is 0.476. The quantitative estimate of drug-likeness (QED) is 0.612. The van der Waals surface area contributed by atoms with Gasteiger partial charge in [0.05, 0.1) is 6.04 Å². The van der Waals surface area contributed by atoms with Gasteiger partial charge in [-0.3, -0.25) is 4.79 Å². The lowest BCUT2D eigenvalue weighted by atomic mass is 10.1. The van der Waals surface area contributed by atoms with Crippen LogP contribution in [0.15, 0.2) is 47.6 Å². The molecule has 0 aromatic heterocycles. The van der Waals surface area contributed by atoms with E-state index in [0.29, 0.717) is 13.1 Å². The Balaban J connectivity index is 2.61. The molecule has 0 spiro atoms. The van der Waals surface area contributed by atoms with Crippen molar-refractivity contribution in [1.82, 2.24) is 10.6 Å². The van der Waals surface area contributed by atoms with E-state index < -0.39 is 0 Å². The van der Waals surface area contributed by atoms with E-state index in [2.05, 4.69) is 50.5 Å². The van der Waals surface area contributed by atoms with Crippen molar-refractivity contribution in [3.8, 4) is 0 Å². The average Bonchev–Trinajstić information content (AvgIpc) is 2.59. The van der Waals surface area contributed by atoms with Crippen molar-refractivity contribution in [1.29, 1.82) is 0 Å². The molecule has 3 nitrogen and oxygen atoms in total. The molecule has 0 radical (unpaired) electrons. The Hall–Kier alpha value is -1.94. The van der Waals surface area contributed by atoms with Crippen LogP contribution in [0.2, 0.25) is 0 Å². The lowest BCUT2D eigenvalue weighted by molar-refractivity contribution is -0.123. The average molecular weight is 346 g/mol. The number of benzene rings is 1. The van der Waals surface area contributed by atoms with Crippen molar-refractivity contribution in [2.45, 2.75) is 59.5 Å². The molecule has 1 amide bonds. The summed E-state index contributed by atoms with van der Waals surface area (Å²) >= 11 is 0. The molecule has 0 fully saturated rings. The Morgan fingerprint density at radius 2 is 1.88 bits per heavy atom. The highest BCUT2D eigenvalue weighted by Crippen LogP contribution is 2.07. The topological polar surface area (TPSA) is 41.1 Å². The van der Waals surface area contributed by atoms with Gasteiger partial charge in [-0.05, 0) is 50.0 Å². The number of carbonyl (C=O) groups excluding carboxylic acids is 1. The fourth-order valence-electron chi connectivity index (χ4n) is 2.42. The third-order valence-corrected chi connectivity index (χ3v) is 4.01. The van der Waals surface area contributed by atoms with Crippen LogP contribution in [-0.4, -0.2) is 18.5 Å². The second kappa shape index (κ2) is 11.6. The Labute approximate surface area is 151 Å². The summed E-state index contributed by atoms with van der Waals surface area (Å²) in [4.78, 5) is 12.5. The number of allylic oxidation sites excluding steroid dienone is 2. The summed E-state index contributed by atoms with van der Waals surface area (Å²) in [5.74, 6) is -0.284. The third kappa shape index (κ3) is 8.12. The number of hydrogen-bond donors (Lipinski definition) is 2. The van der Waals surface area contributed by atoms with E-state index in [9.17, 15) is 9.18 Å². The maximum atomic E-state index is 12.9. The molecule has 0 saturated carbocycles. The van der Waals surface area contributed by atoms with Crippen LogP contribution in [0.25, 0.3) is 0 Å². The second-order valence-electron chi connectivity index (χ2n) is 6.40. The minimum Gasteiger partial charge on any atom is -0.351 e. The summed E-state index contributed by atoms with van der Waals surface area (Å²) in [6, 6.07) is 5.97. The van der Waals surface area contributed by atoms with Crippen LogP contribution in [0.3, 0.4) is 0 Å². The van der Waals surface area contributed by atoms with Crippen LogP contribution in [0.1, 0.15) is 52.5 Å². The van der Waals surface area contributed by atoms with E-state index in [0.717, 1.165) is 24.8 Å². The maximum Gasteiger partial charge on any atom is 0.237 e. The SMILES string of the molecule is CC/C=C\C(CNC(CCC)C(=O)NCc1ccc(F)cc1)=C(C)C. The van der Waals surface area contributed by atoms with Crippen molar-refractivity contribution in [3.63, 3.8) is 0 Å². The van der Waals surface area contributed by atoms with Crippen LogP contribution in [-0.2, 0) is 11.3 Å². The molecule has 1 aromatic carbocycles. The molecule has 1 atom stereocenters. The molecule has 0 bridgehead atoms. The van der Waals surface area contributed by atoms with E-state index >= 15 is 0 Å². The molecular formula is C21H31FN2O. The minimum atomic E-state index is -0.269. The van der Waals surface area contributed by atoms with Gasteiger partial charge in [0.2, 0.25) is 5.91 Å². The molecule has 1 aromatic rings. The Kier molecular flexibility index (Phi) is 9.78.